The average Bonchev–Trinajstić information content (AvgIpc) is 3.35. The normalized spacial score (nSPS) is 29.5. The standard InChI is InChI=1S/C31H37N2O7P/c1-37-25-18-24-27(29(32-25)38-2)30(35)28(34)23(19-33-14-16-39-17-15-33)26(20-8-6-5-7-9-20)31(30,40-24)21-10-12-22(13-11-21)41(3,4)36/h5-13,18,23,26,28,34-35H,14-17,19H2,1-4H3/t23-,26-,28-,30+,31+/m1/s1. The largest absolute Gasteiger partial charge is 0.481 e. The van der Waals surface area contributed by atoms with Gasteiger partial charge in [-0.1, -0.05) is 54.6 Å². The number of benzene rings is 2. The second kappa shape index (κ2) is 10.4. The average molecular weight is 581 g/mol. The molecule has 1 saturated carbocycles. The van der Waals surface area contributed by atoms with Crippen molar-refractivity contribution in [3.05, 3.63) is 77.4 Å². The zero-order valence-electron chi connectivity index (χ0n) is 23.8. The molecule has 2 aliphatic heterocycles. The van der Waals surface area contributed by atoms with Crippen molar-refractivity contribution in [1.29, 1.82) is 0 Å². The summed E-state index contributed by atoms with van der Waals surface area (Å²) >= 11 is 0. The zero-order valence-corrected chi connectivity index (χ0v) is 24.7. The Labute approximate surface area is 240 Å². The summed E-state index contributed by atoms with van der Waals surface area (Å²) in [5.41, 5.74) is -1.52. The minimum atomic E-state index is -2.54. The van der Waals surface area contributed by atoms with Crippen molar-refractivity contribution in [2.24, 2.45) is 5.92 Å². The molecule has 5 atom stereocenters. The lowest BCUT2D eigenvalue weighted by Crippen LogP contribution is -2.52. The van der Waals surface area contributed by atoms with Gasteiger partial charge in [0.05, 0.1) is 39.1 Å². The number of aliphatic hydroxyl groups excluding tert-OH is 1. The minimum absolute atomic E-state index is 0.129. The van der Waals surface area contributed by atoms with Gasteiger partial charge in [-0.3, -0.25) is 4.90 Å². The second-order valence-corrected chi connectivity index (χ2v) is 14.7. The smallest absolute Gasteiger partial charge is 0.226 e. The third kappa shape index (κ3) is 4.29. The van der Waals surface area contributed by atoms with Gasteiger partial charge in [-0.05, 0) is 24.5 Å². The zero-order chi connectivity index (χ0) is 29.0. The van der Waals surface area contributed by atoms with Crippen LogP contribution in [0.5, 0.6) is 17.5 Å². The molecule has 218 valence electrons. The van der Waals surface area contributed by atoms with Crippen LogP contribution in [-0.2, 0) is 20.5 Å². The summed E-state index contributed by atoms with van der Waals surface area (Å²) in [6.07, 6.45) is -1.25. The lowest BCUT2D eigenvalue weighted by molar-refractivity contribution is -0.152. The molecule has 0 radical (unpaired) electrons. The quantitative estimate of drug-likeness (QED) is 0.408. The molecule has 2 aromatic carbocycles. The van der Waals surface area contributed by atoms with Gasteiger partial charge in [0.1, 0.15) is 12.9 Å². The summed E-state index contributed by atoms with van der Waals surface area (Å²) < 4.78 is 36.6. The monoisotopic (exact) mass is 580 g/mol. The van der Waals surface area contributed by atoms with E-state index in [1.54, 1.807) is 19.4 Å². The summed E-state index contributed by atoms with van der Waals surface area (Å²) in [4.78, 5) is 6.74. The Morgan fingerprint density at radius 1 is 1.05 bits per heavy atom. The van der Waals surface area contributed by atoms with Gasteiger partial charge in [0.15, 0.2) is 11.2 Å². The minimum Gasteiger partial charge on any atom is -0.481 e. The van der Waals surface area contributed by atoms with Crippen molar-refractivity contribution < 1.29 is 33.7 Å². The molecule has 6 rings (SSSR count). The van der Waals surface area contributed by atoms with E-state index in [4.69, 9.17) is 18.9 Å². The highest BCUT2D eigenvalue weighted by Gasteiger charge is 2.77. The predicted octanol–water partition coefficient (Wildman–Crippen LogP) is 2.93. The van der Waals surface area contributed by atoms with E-state index in [1.807, 2.05) is 54.6 Å². The Kier molecular flexibility index (Phi) is 7.15. The van der Waals surface area contributed by atoms with Gasteiger partial charge >= 0.3 is 0 Å². The summed E-state index contributed by atoms with van der Waals surface area (Å²) in [6.45, 7) is 6.66. The van der Waals surface area contributed by atoms with E-state index in [2.05, 4.69) is 9.88 Å². The number of fused-ring (bicyclic) bond motifs is 3. The van der Waals surface area contributed by atoms with Crippen molar-refractivity contribution in [2.75, 3.05) is 60.4 Å². The fraction of sp³-hybridized carbons (Fsp3) is 0.452. The number of morpholine rings is 1. The van der Waals surface area contributed by atoms with Gasteiger partial charge in [-0.25, -0.2) is 0 Å². The van der Waals surface area contributed by atoms with Crippen molar-refractivity contribution in [3.63, 3.8) is 0 Å². The fourth-order valence-electron chi connectivity index (χ4n) is 7.02. The van der Waals surface area contributed by atoms with Crippen LogP contribution in [0.1, 0.15) is 22.6 Å². The molecule has 1 saturated heterocycles. The van der Waals surface area contributed by atoms with E-state index in [0.29, 0.717) is 36.6 Å². The molecular formula is C31H37N2O7P. The first-order chi connectivity index (χ1) is 19.6. The molecule has 3 aliphatic rings. The van der Waals surface area contributed by atoms with E-state index >= 15 is 0 Å². The van der Waals surface area contributed by atoms with Gasteiger partial charge in [-0.2, -0.15) is 4.98 Å². The van der Waals surface area contributed by atoms with Crippen molar-refractivity contribution in [1.82, 2.24) is 9.88 Å². The third-order valence-electron chi connectivity index (χ3n) is 8.90. The molecule has 1 aromatic heterocycles. The summed E-state index contributed by atoms with van der Waals surface area (Å²) in [5.74, 6) is -0.172. The first-order valence-electron chi connectivity index (χ1n) is 13.9. The Hall–Kier alpha value is -2.94. The topological polar surface area (TPSA) is 111 Å². The van der Waals surface area contributed by atoms with Crippen molar-refractivity contribution in [3.8, 4) is 17.5 Å². The molecule has 1 aliphatic carbocycles. The van der Waals surface area contributed by atoms with Gasteiger partial charge in [0, 0.05) is 42.8 Å². The molecule has 2 fully saturated rings. The number of aliphatic hydroxyl groups is 2. The first-order valence-corrected chi connectivity index (χ1v) is 16.5. The summed E-state index contributed by atoms with van der Waals surface area (Å²) in [5, 5.41) is 26.1. The molecule has 3 aromatic rings. The number of aromatic nitrogens is 1. The molecule has 0 unspecified atom stereocenters. The highest BCUT2D eigenvalue weighted by molar-refractivity contribution is 7.70. The van der Waals surface area contributed by atoms with Crippen LogP contribution in [0, 0.1) is 5.92 Å². The van der Waals surface area contributed by atoms with E-state index in [0.717, 1.165) is 24.0 Å². The molecule has 3 heterocycles. The van der Waals surface area contributed by atoms with Crippen LogP contribution >= 0.6 is 7.14 Å². The van der Waals surface area contributed by atoms with Crippen LogP contribution in [0.25, 0.3) is 0 Å². The van der Waals surface area contributed by atoms with Crippen LogP contribution < -0.4 is 19.5 Å². The summed E-state index contributed by atoms with van der Waals surface area (Å²) in [6, 6.07) is 18.9. The Morgan fingerprint density at radius 2 is 1.73 bits per heavy atom. The number of nitrogens with zero attached hydrogens (tertiary/aromatic N) is 2. The van der Waals surface area contributed by atoms with Crippen LogP contribution in [0.3, 0.4) is 0 Å². The third-order valence-corrected chi connectivity index (χ3v) is 10.4. The van der Waals surface area contributed by atoms with Gasteiger partial charge < -0.3 is 33.7 Å². The highest BCUT2D eigenvalue weighted by atomic mass is 31.2. The predicted molar refractivity (Wildman–Crippen MR) is 155 cm³/mol. The van der Waals surface area contributed by atoms with E-state index in [-0.39, 0.29) is 11.8 Å². The molecule has 2 N–H and O–H groups in total. The number of hydrogen-bond donors (Lipinski definition) is 2. The molecule has 9 nitrogen and oxygen atoms in total. The Balaban J connectivity index is 1.62. The maximum absolute atomic E-state index is 13.1. The Bertz CT molecular complexity index is 1460. The second-order valence-electron chi connectivity index (χ2n) is 11.5. The van der Waals surface area contributed by atoms with E-state index in [1.165, 1.54) is 14.2 Å². The van der Waals surface area contributed by atoms with Crippen LogP contribution in [-0.4, -0.2) is 86.6 Å². The number of pyridine rings is 1. The first kappa shape index (κ1) is 28.2. The molecule has 0 amide bonds. The fourth-order valence-corrected chi connectivity index (χ4v) is 7.88. The molecule has 0 spiro atoms. The highest BCUT2D eigenvalue weighted by Crippen LogP contribution is 2.70. The van der Waals surface area contributed by atoms with Crippen molar-refractivity contribution in [2.45, 2.75) is 23.2 Å². The Morgan fingerprint density at radius 3 is 2.34 bits per heavy atom. The molecule has 10 heteroatoms. The summed E-state index contributed by atoms with van der Waals surface area (Å²) in [7, 11) is 0.436. The van der Waals surface area contributed by atoms with E-state index in [9.17, 15) is 14.8 Å². The van der Waals surface area contributed by atoms with Crippen LogP contribution in [0.4, 0.5) is 0 Å². The molecule has 0 bridgehead atoms. The number of methoxy groups -OCH3 is 2. The molecular weight excluding hydrogens is 543 g/mol. The van der Waals surface area contributed by atoms with Gasteiger partial charge in [0.2, 0.25) is 11.8 Å². The number of ether oxygens (including phenoxy) is 4. The maximum atomic E-state index is 13.1. The maximum Gasteiger partial charge on any atom is 0.226 e. The SMILES string of the molecule is COc1cc2c(c(OC)n1)[C@]1(O)[C@H](O)[C@H](CN3CCOCC3)[C@@H](c3ccccc3)[C@]1(c1ccc(P(C)(C)=O)cc1)O2. The van der Waals surface area contributed by atoms with Crippen LogP contribution in [0.15, 0.2) is 60.7 Å². The van der Waals surface area contributed by atoms with Gasteiger partial charge in [-0.15, -0.1) is 0 Å². The van der Waals surface area contributed by atoms with Crippen molar-refractivity contribution >= 4 is 12.4 Å². The lowest BCUT2D eigenvalue weighted by atomic mass is 9.71. The molecule has 41 heavy (non-hydrogen) atoms. The van der Waals surface area contributed by atoms with Crippen LogP contribution in [0.2, 0.25) is 0 Å². The number of hydrogen-bond acceptors (Lipinski definition) is 9. The van der Waals surface area contributed by atoms with E-state index < -0.39 is 36.3 Å². The lowest BCUT2D eigenvalue weighted by Gasteiger charge is -2.41. The number of rotatable bonds is 7. The van der Waals surface area contributed by atoms with Gasteiger partial charge in [0.25, 0.3) is 0 Å².